The van der Waals surface area contributed by atoms with Crippen LogP contribution in [0.2, 0.25) is 0 Å². The van der Waals surface area contributed by atoms with Gasteiger partial charge in [-0.2, -0.15) is 0 Å². The number of benzene rings is 1. The second-order valence-electron chi connectivity index (χ2n) is 6.79. The van der Waals surface area contributed by atoms with Crippen LogP contribution in [0.5, 0.6) is 0 Å². The van der Waals surface area contributed by atoms with E-state index in [1.165, 1.54) is 16.9 Å². The Morgan fingerprint density at radius 2 is 1.83 bits per heavy atom. The monoisotopic (exact) mass is 452 g/mol. The molecule has 0 saturated carbocycles. The smallest absolute Gasteiger partial charge is 0.226 e. The maximum absolute atomic E-state index is 12.2. The second kappa shape index (κ2) is 11.9. The highest BCUT2D eigenvalue weighted by atomic mass is 35.5. The molecule has 8 heteroatoms. The van der Waals surface area contributed by atoms with Crippen molar-refractivity contribution in [2.45, 2.75) is 32.2 Å². The van der Waals surface area contributed by atoms with Gasteiger partial charge in [0.2, 0.25) is 5.91 Å². The molecule has 0 radical (unpaired) electrons. The van der Waals surface area contributed by atoms with E-state index in [0.717, 1.165) is 21.8 Å². The fourth-order valence-corrected chi connectivity index (χ4v) is 3.52. The van der Waals surface area contributed by atoms with Crippen molar-refractivity contribution in [3.05, 3.63) is 71.0 Å². The van der Waals surface area contributed by atoms with Crippen molar-refractivity contribution < 1.29 is 4.79 Å². The van der Waals surface area contributed by atoms with Gasteiger partial charge >= 0.3 is 0 Å². The minimum absolute atomic E-state index is 0. The van der Waals surface area contributed by atoms with Crippen molar-refractivity contribution in [3.63, 3.8) is 0 Å². The number of thiazole rings is 1. The molecule has 0 bridgehead atoms. The largest absolute Gasteiger partial charge is 0.354 e. The predicted molar refractivity (Wildman–Crippen MR) is 124 cm³/mol. The number of nitrogens with two attached hydrogens (primary N) is 1. The minimum Gasteiger partial charge on any atom is -0.354 e. The number of aromatic nitrogens is 2. The number of carbonyl (C=O) groups is 1. The molecule has 2 heterocycles. The molecule has 0 aliphatic rings. The van der Waals surface area contributed by atoms with Crippen molar-refractivity contribution in [2.75, 3.05) is 6.54 Å². The van der Waals surface area contributed by atoms with E-state index in [2.05, 4.69) is 41.3 Å². The standard InChI is InChI=1S/C21H24N4OS.2ClH/c1-14(2)15-5-7-16(8-6-15)19(22)12-24-20(26)10-18-13-27-21(25-18)17-4-3-9-23-11-17;;/h3-9,11,13-14,19H,10,12,22H2,1-2H3,(H,24,26);2*1H. The third kappa shape index (κ3) is 7.08. The molecule has 1 atom stereocenters. The molecule has 1 unspecified atom stereocenters. The van der Waals surface area contributed by atoms with Gasteiger partial charge in [0.15, 0.2) is 0 Å². The van der Waals surface area contributed by atoms with Crippen LogP contribution in [0, 0.1) is 0 Å². The summed E-state index contributed by atoms with van der Waals surface area (Å²) < 4.78 is 0. The second-order valence-corrected chi connectivity index (χ2v) is 7.65. The van der Waals surface area contributed by atoms with Crippen molar-refractivity contribution in [2.24, 2.45) is 5.73 Å². The van der Waals surface area contributed by atoms with Crippen LogP contribution < -0.4 is 11.1 Å². The van der Waals surface area contributed by atoms with E-state index in [4.69, 9.17) is 5.73 Å². The fraction of sp³-hybridized carbons (Fsp3) is 0.286. The molecule has 1 aromatic carbocycles. The van der Waals surface area contributed by atoms with Crippen LogP contribution >= 0.6 is 36.2 Å². The third-order valence-corrected chi connectivity index (χ3v) is 5.29. The zero-order chi connectivity index (χ0) is 19.2. The summed E-state index contributed by atoms with van der Waals surface area (Å²) in [6, 6.07) is 11.9. The summed E-state index contributed by atoms with van der Waals surface area (Å²) in [5, 5.41) is 5.68. The zero-order valence-electron chi connectivity index (χ0n) is 16.4. The van der Waals surface area contributed by atoms with Crippen molar-refractivity contribution in [1.82, 2.24) is 15.3 Å². The van der Waals surface area contributed by atoms with Gasteiger partial charge in [0, 0.05) is 35.9 Å². The third-order valence-electron chi connectivity index (χ3n) is 4.35. The lowest BCUT2D eigenvalue weighted by molar-refractivity contribution is -0.120. The van der Waals surface area contributed by atoms with E-state index in [9.17, 15) is 4.79 Å². The highest BCUT2D eigenvalue weighted by Gasteiger charge is 2.12. The van der Waals surface area contributed by atoms with E-state index in [-0.39, 0.29) is 43.2 Å². The first-order valence-corrected chi connectivity index (χ1v) is 9.88. The number of amides is 1. The highest BCUT2D eigenvalue weighted by Crippen LogP contribution is 2.23. The number of nitrogens with zero attached hydrogens (tertiary/aromatic N) is 2. The first-order chi connectivity index (χ1) is 13.0. The zero-order valence-corrected chi connectivity index (χ0v) is 18.8. The molecule has 29 heavy (non-hydrogen) atoms. The first kappa shape index (κ1) is 25.0. The van der Waals surface area contributed by atoms with Gasteiger partial charge in [-0.3, -0.25) is 9.78 Å². The summed E-state index contributed by atoms with van der Waals surface area (Å²) in [6.07, 6.45) is 3.74. The fourth-order valence-electron chi connectivity index (χ4n) is 2.71. The van der Waals surface area contributed by atoms with Crippen LogP contribution in [-0.2, 0) is 11.2 Å². The number of carbonyl (C=O) groups excluding carboxylic acids is 1. The molecule has 3 N–H and O–H groups in total. The number of nitrogens with one attached hydrogen (secondary N) is 1. The number of hydrogen-bond donors (Lipinski definition) is 2. The van der Waals surface area contributed by atoms with E-state index in [0.29, 0.717) is 12.5 Å². The van der Waals surface area contributed by atoms with E-state index >= 15 is 0 Å². The summed E-state index contributed by atoms with van der Waals surface area (Å²) in [5.74, 6) is 0.414. The van der Waals surface area contributed by atoms with Gasteiger partial charge in [0.25, 0.3) is 0 Å². The van der Waals surface area contributed by atoms with Crippen molar-refractivity contribution in [1.29, 1.82) is 0 Å². The molecular weight excluding hydrogens is 427 g/mol. The van der Waals surface area contributed by atoms with E-state index < -0.39 is 0 Å². The Labute approximate surface area is 188 Å². The van der Waals surface area contributed by atoms with Crippen LogP contribution in [0.1, 0.15) is 42.6 Å². The number of halogens is 2. The quantitative estimate of drug-likeness (QED) is 0.551. The molecule has 0 aliphatic carbocycles. The van der Waals surface area contributed by atoms with Crippen molar-refractivity contribution >= 4 is 42.1 Å². The normalized spacial score (nSPS) is 11.3. The number of rotatable bonds is 7. The Kier molecular flexibility index (Phi) is 10.3. The molecule has 2 aromatic heterocycles. The molecule has 0 fully saturated rings. The number of hydrogen-bond acceptors (Lipinski definition) is 5. The van der Waals surface area contributed by atoms with Gasteiger partial charge in [-0.05, 0) is 29.2 Å². The number of pyridine rings is 1. The maximum Gasteiger partial charge on any atom is 0.226 e. The molecule has 3 rings (SSSR count). The van der Waals surface area contributed by atoms with E-state index in [1.54, 1.807) is 12.4 Å². The van der Waals surface area contributed by atoms with Gasteiger partial charge in [-0.25, -0.2) is 4.98 Å². The summed E-state index contributed by atoms with van der Waals surface area (Å²) >= 11 is 1.51. The van der Waals surface area contributed by atoms with Crippen LogP contribution in [0.4, 0.5) is 0 Å². The van der Waals surface area contributed by atoms with Gasteiger partial charge in [0.1, 0.15) is 5.01 Å². The highest BCUT2D eigenvalue weighted by molar-refractivity contribution is 7.13. The van der Waals surface area contributed by atoms with Crippen LogP contribution in [0.3, 0.4) is 0 Å². The Balaban J connectivity index is 0.00000210. The van der Waals surface area contributed by atoms with Crippen LogP contribution in [0.25, 0.3) is 10.6 Å². The summed E-state index contributed by atoms with van der Waals surface area (Å²) in [4.78, 5) is 20.8. The Morgan fingerprint density at radius 3 is 2.45 bits per heavy atom. The van der Waals surface area contributed by atoms with Crippen LogP contribution in [-0.4, -0.2) is 22.4 Å². The van der Waals surface area contributed by atoms with Gasteiger partial charge < -0.3 is 11.1 Å². The summed E-state index contributed by atoms with van der Waals surface area (Å²) in [5.41, 5.74) is 10.2. The van der Waals surface area contributed by atoms with Crippen molar-refractivity contribution in [3.8, 4) is 10.6 Å². The Morgan fingerprint density at radius 1 is 1.14 bits per heavy atom. The molecule has 0 spiro atoms. The summed E-state index contributed by atoms with van der Waals surface area (Å²) in [6.45, 7) is 4.72. The molecule has 156 valence electrons. The topological polar surface area (TPSA) is 80.9 Å². The minimum atomic E-state index is -0.225. The molecule has 5 nitrogen and oxygen atoms in total. The molecule has 0 saturated heterocycles. The Bertz CT molecular complexity index is 885. The lowest BCUT2D eigenvalue weighted by Gasteiger charge is -2.14. The molecule has 3 aromatic rings. The SMILES string of the molecule is CC(C)c1ccc(C(N)CNC(=O)Cc2csc(-c3cccnc3)n2)cc1.Cl.Cl. The van der Waals surface area contributed by atoms with E-state index in [1.807, 2.05) is 29.6 Å². The maximum atomic E-state index is 12.2. The lowest BCUT2D eigenvalue weighted by atomic mass is 9.99. The first-order valence-electron chi connectivity index (χ1n) is 9.00. The van der Waals surface area contributed by atoms with Gasteiger partial charge in [-0.15, -0.1) is 36.2 Å². The molecule has 1 amide bonds. The van der Waals surface area contributed by atoms with Gasteiger partial charge in [0.05, 0.1) is 12.1 Å². The molecule has 0 aliphatic heterocycles. The average Bonchev–Trinajstić information content (AvgIpc) is 3.15. The molecular formula is C21H26Cl2N4OS. The van der Waals surface area contributed by atoms with Crippen LogP contribution in [0.15, 0.2) is 54.2 Å². The lowest BCUT2D eigenvalue weighted by Crippen LogP contribution is -2.32. The Hall–Kier alpha value is -1.99. The van der Waals surface area contributed by atoms with Gasteiger partial charge in [-0.1, -0.05) is 38.1 Å². The average molecular weight is 453 g/mol. The predicted octanol–water partition coefficient (Wildman–Crippen LogP) is 4.53. The summed E-state index contributed by atoms with van der Waals surface area (Å²) in [7, 11) is 0.